The van der Waals surface area contributed by atoms with Crippen LogP contribution in [0, 0.1) is 50.2 Å². The number of aliphatic carboxylic acids is 1. The summed E-state index contributed by atoms with van der Waals surface area (Å²) in [5.74, 6) is -0.842. The van der Waals surface area contributed by atoms with Gasteiger partial charge in [0.15, 0.2) is 0 Å². The van der Waals surface area contributed by atoms with Crippen molar-refractivity contribution < 1.29 is 30.3 Å². The van der Waals surface area contributed by atoms with Crippen molar-refractivity contribution in [3.05, 3.63) is 11.6 Å². The fourth-order valence-corrected chi connectivity index (χ4v) is 10.9. The van der Waals surface area contributed by atoms with Gasteiger partial charge in [-0.2, -0.15) is 0 Å². The van der Waals surface area contributed by atoms with Gasteiger partial charge in [0.05, 0.1) is 30.3 Å². The first-order valence-corrected chi connectivity index (χ1v) is 14.1. The van der Waals surface area contributed by atoms with Crippen LogP contribution in [0.5, 0.6) is 0 Å². The first kappa shape index (κ1) is 26.6. The maximum absolute atomic E-state index is 12.8. The van der Waals surface area contributed by atoms with Crippen LogP contribution in [-0.4, -0.2) is 56.4 Å². The Morgan fingerprint density at radius 1 is 0.917 bits per heavy atom. The Morgan fingerprint density at radius 3 is 2.17 bits per heavy atom. The van der Waals surface area contributed by atoms with Gasteiger partial charge < -0.3 is 25.5 Å². The number of rotatable bonds is 2. The van der Waals surface area contributed by atoms with Gasteiger partial charge in [-0.05, 0) is 84.9 Å². The topological polar surface area (TPSA) is 118 Å². The van der Waals surface area contributed by atoms with Gasteiger partial charge in [-0.15, -0.1) is 0 Å². The highest BCUT2D eigenvalue weighted by Crippen LogP contribution is 2.75. The Bertz CT molecular complexity index is 974. The lowest BCUT2D eigenvalue weighted by Crippen LogP contribution is -2.71. The Balaban J connectivity index is 1.64. The zero-order chi connectivity index (χ0) is 26.7. The molecule has 204 valence electrons. The van der Waals surface area contributed by atoms with Crippen LogP contribution >= 0.6 is 0 Å². The van der Waals surface area contributed by atoms with Crippen LogP contribution in [0.15, 0.2) is 11.6 Å². The molecule has 0 saturated heterocycles. The number of aliphatic hydroxyl groups is 4. The molecule has 0 spiro atoms. The molecule has 4 fully saturated rings. The van der Waals surface area contributed by atoms with E-state index >= 15 is 0 Å². The number of carboxylic acid groups (broad SMARTS) is 1. The third-order valence-electron chi connectivity index (χ3n) is 13.0. The van der Waals surface area contributed by atoms with Crippen LogP contribution in [0.3, 0.4) is 0 Å². The molecule has 11 atom stereocenters. The summed E-state index contributed by atoms with van der Waals surface area (Å²) in [4.78, 5) is 12.8. The number of hydrogen-bond donors (Lipinski definition) is 5. The molecule has 6 heteroatoms. The minimum Gasteiger partial charge on any atom is -0.481 e. The molecule has 0 heterocycles. The zero-order valence-electron chi connectivity index (χ0n) is 23.0. The first-order chi connectivity index (χ1) is 16.5. The van der Waals surface area contributed by atoms with Gasteiger partial charge in [-0.25, -0.2) is 0 Å². The standard InChI is InChI=1S/C30H48O6/c1-25(2)9-11-30(24(35)36)12-10-28(5)17(18(30)13-25)7-8-21-26(3)14-20(33)23(34)27(4,16-31)22(26)19(32)15-29(21,28)6/h7,18-23,31-34H,8-16H2,1-6H3,(H,35,36)/t18-,19?,20-,21-,22?,23+,26-,27+,28-,29-,30+/m1/s1. The van der Waals surface area contributed by atoms with Crippen LogP contribution in [-0.2, 0) is 4.79 Å². The fourth-order valence-electron chi connectivity index (χ4n) is 10.9. The number of aliphatic hydroxyl groups excluding tert-OH is 4. The molecule has 2 unspecified atom stereocenters. The van der Waals surface area contributed by atoms with E-state index in [1.165, 1.54) is 5.57 Å². The largest absolute Gasteiger partial charge is 0.481 e. The van der Waals surface area contributed by atoms with Crippen LogP contribution in [0.4, 0.5) is 0 Å². The second-order valence-electron chi connectivity index (χ2n) is 15.2. The van der Waals surface area contributed by atoms with E-state index in [-0.39, 0.29) is 40.6 Å². The van der Waals surface area contributed by atoms with Gasteiger partial charge >= 0.3 is 5.97 Å². The van der Waals surface area contributed by atoms with Gasteiger partial charge in [0.1, 0.15) is 0 Å². The van der Waals surface area contributed by atoms with Crippen molar-refractivity contribution in [2.24, 2.45) is 50.2 Å². The predicted molar refractivity (Wildman–Crippen MR) is 137 cm³/mol. The number of hydrogen-bond acceptors (Lipinski definition) is 5. The SMILES string of the molecule is CC1(C)CC[C@]2(C(=O)O)CC[C@]3(C)C(=CC[C@@H]4[C@@]5(C)C[C@@H](O)[C@H](O)[C@@](C)(CO)C5C(O)C[C@]43C)[C@H]2C1. The summed E-state index contributed by atoms with van der Waals surface area (Å²) in [6.07, 6.45) is 5.27. The third-order valence-corrected chi connectivity index (χ3v) is 13.0. The van der Waals surface area contributed by atoms with Crippen molar-refractivity contribution >= 4 is 5.97 Å². The van der Waals surface area contributed by atoms with E-state index in [1.807, 2.05) is 6.92 Å². The molecule has 5 aliphatic rings. The van der Waals surface area contributed by atoms with Gasteiger partial charge in [0.25, 0.3) is 0 Å². The summed E-state index contributed by atoms with van der Waals surface area (Å²) in [5, 5.41) is 54.6. The van der Waals surface area contributed by atoms with E-state index in [0.717, 1.165) is 32.1 Å². The van der Waals surface area contributed by atoms with Crippen LogP contribution in [0.1, 0.15) is 92.9 Å². The van der Waals surface area contributed by atoms with E-state index in [0.29, 0.717) is 19.3 Å². The molecule has 36 heavy (non-hydrogen) atoms. The van der Waals surface area contributed by atoms with Gasteiger partial charge in [0.2, 0.25) is 0 Å². The predicted octanol–water partition coefficient (Wildman–Crippen LogP) is 4.15. The zero-order valence-corrected chi connectivity index (χ0v) is 23.0. The van der Waals surface area contributed by atoms with E-state index in [2.05, 4.69) is 40.7 Å². The van der Waals surface area contributed by atoms with Crippen molar-refractivity contribution in [1.29, 1.82) is 0 Å². The highest BCUT2D eigenvalue weighted by atomic mass is 16.4. The van der Waals surface area contributed by atoms with E-state index in [1.54, 1.807) is 0 Å². The second kappa shape index (κ2) is 7.80. The molecule has 0 aromatic carbocycles. The summed E-state index contributed by atoms with van der Waals surface area (Å²) in [6.45, 7) is 12.8. The molecule has 5 aliphatic carbocycles. The molecule has 0 aromatic heterocycles. The molecule has 0 aliphatic heterocycles. The van der Waals surface area contributed by atoms with Crippen molar-refractivity contribution in [1.82, 2.24) is 0 Å². The Kier molecular flexibility index (Phi) is 5.77. The summed E-state index contributed by atoms with van der Waals surface area (Å²) in [7, 11) is 0. The highest BCUT2D eigenvalue weighted by molar-refractivity contribution is 5.76. The normalized spacial score (nSPS) is 55.9. The lowest BCUT2D eigenvalue weighted by atomic mass is 9.33. The van der Waals surface area contributed by atoms with E-state index in [9.17, 15) is 30.3 Å². The quantitative estimate of drug-likeness (QED) is 0.361. The number of carboxylic acids is 1. The van der Waals surface area contributed by atoms with Crippen LogP contribution < -0.4 is 0 Å². The third kappa shape index (κ3) is 3.08. The number of allylic oxidation sites excluding steroid dienone is 2. The molecule has 5 rings (SSSR count). The molecular weight excluding hydrogens is 456 g/mol. The van der Waals surface area contributed by atoms with Gasteiger partial charge in [0, 0.05) is 11.3 Å². The van der Waals surface area contributed by atoms with E-state index in [4.69, 9.17) is 0 Å². The highest BCUT2D eigenvalue weighted by Gasteiger charge is 2.72. The lowest BCUT2D eigenvalue weighted by molar-refractivity contribution is -0.273. The first-order valence-electron chi connectivity index (χ1n) is 14.1. The average molecular weight is 505 g/mol. The lowest BCUT2D eigenvalue weighted by Gasteiger charge is -2.72. The molecule has 0 bridgehead atoms. The smallest absolute Gasteiger partial charge is 0.310 e. The van der Waals surface area contributed by atoms with Gasteiger partial charge in [-0.3, -0.25) is 4.79 Å². The summed E-state index contributed by atoms with van der Waals surface area (Å²) < 4.78 is 0. The Hall–Kier alpha value is -0.950. The molecule has 0 amide bonds. The van der Waals surface area contributed by atoms with E-state index < -0.39 is 40.5 Å². The monoisotopic (exact) mass is 504 g/mol. The molecule has 4 saturated carbocycles. The average Bonchev–Trinajstić information content (AvgIpc) is 2.77. The maximum atomic E-state index is 12.8. The van der Waals surface area contributed by atoms with Crippen LogP contribution in [0.25, 0.3) is 0 Å². The van der Waals surface area contributed by atoms with Crippen LogP contribution in [0.2, 0.25) is 0 Å². The molecule has 6 nitrogen and oxygen atoms in total. The Labute approximate surface area is 216 Å². The van der Waals surface area contributed by atoms with Crippen molar-refractivity contribution in [2.45, 2.75) is 111 Å². The molecule has 5 N–H and O–H groups in total. The second-order valence-corrected chi connectivity index (χ2v) is 15.2. The Morgan fingerprint density at radius 2 is 1.56 bits per heavy atom. The van der Waals surface area contributed by atoms with Crippen molar-refractivity contribution in [2.75, 3.05) is 6.61 Å². The summed E-state index contributed by atoms with van der Waals surface area (Å²) >= 11 is 0. The minimum atomic E-state index is -1.08. The van der Waals surface area contributed by atoms with Crippen molar-refractivity contribution in [3.63, 3.8) is 0 Å². The molecule has 0 aromatic rings. The summed E-state index contributed by atoms with van der Waals surface area (Å²) in [6, 6.07) is 0. The van der Waals surface area contributed by atoms with Gasteiger partial charge in [-0.1, -0.05) is 53.2 Å². The number of carbonyl (C=O) groups is 1. The summed E-state index contributed by atoms with van der Waals surface area (Å²) in [5.41, 5.74) is -1.32. The fraction of sp³-hybridized carbons (Fsp3) is 0.900. The number of fused-ring (bicyclic) bond motifs is 7. The minimum absolute atomic E-state index is 0.000534. The molecule has 0 radical (unpaired) electrons. The molecular formula is C30H48O6. The van der Waals surface area contributed by atoms with Crippen molar-refractivity contribution in [3.8, 4) is 0 Å². The maximum Gasteiger partial charge on any atom is 0.310 e.